The van der Waals surface area contributed by atoms with E-state index < -0.39 is 0 Å². The number of fused-ring (bicyclic) bond motifs is 2. The molecule has 2 heterocycles. The monoisotopic (exact) mass is 393 g/mol. The predicted octanol–water partition coefficient (Wildman–Crippen LogP) is 5.92. The molecule has 0 bridgehead atoms. The Morgan fingerprint density at radius 1 is 0.867 bits per heavy atom. The molecule has 30 heavy (non-hydrogen) atoms. The highest BCUT2D eigenvalue weighted by atomic mass is 16.5. The van der Waals surface area contributed by atoms with Crippen LogP contribution < -0.4 is 10.1 Å². The third kappa shape index (κ3) is 3.22. The summed E-state index contributed by atoms with van der Waals surface area (Å²) in [5.74, 6) is 2.79. The van der Waals surface area contributed by atoms with Gasteiger partial charge >= 0.3 is 6.01 Å². The molecule has 1 saturated carbocycles. The van der Waals surface area contributed by atoms with Gasteiger partial charge in [-0.25, -0.2) is 0 Å². The number of aromatic nitrogens is 4. The zero-order valence-electron chi connectivity index (χ0n) is 16.2. The minimum absolute atomic E-state index is 0.299. The van der Waals surface area contributed by atoms with Crippen molar-refractivity contribution < 1.29 is 4.74 Å². The van der Waals surface area contributed by atoms with E-state index in [-0.39, 0.29) is 0 Å². The number of nitrogens with one attached hydrogen (secondary N) is 2. The second kappa shape index (κ2) is 6.84. The molecule has 0 radical (unpaired) electrons. The Morgan fingerprint density at radius 3 is 2.60 bits per heavy atom. The molecule has 0 unspecified atom stereocenters. The number of anilines is 2. The van der Waals surface area contributed by atoms with Gasteiger partial charge in [0.1, 0.15) is 17.4 Å². The summed E-state index contributed by atoms with van der Waals surface area (Å²) in [6.07, 6.45) is 2.43. The van der Waals surface area contributed by atoms with E-state index in [4.69, 9.17) is 4.74 Å². The number of para-hydroxylation sites is 1. The highest BCUT2D eigenvalue weighted by Crippen LogP contribution is 2.40. The van der Waals surface area contributed by atoms with E-state index >= 15 is 0 Å². The smallest absolute Gasteiger partial charge is 0.324 e. The van der Waals surface area contributed by atoms with Gasteiger partial charge in [0.05, 0.1) is 11.2 Å². The van der Waals surface area contributed by atoms with Gasteiger partial charge in [-0.05, 0) is 47.9 Å². The highest BCUT2D eigenvalue weighted by molar-refractivity contribution is 5.91. The van der Waals surface area contributed by atoms with Crippen molar-refractivity contribution in [3.63, 3.8) is 0 Å². The Morgan fingerprint density at radius 2 is 1.70 bits per heavy atom. The number of nitrogens with zero attached hydrogens (tertiary/aromatic N) is 3. The molecule has 0 amide bonds. The first-order valence-corrected chi connectivity index (χ1v) is 10.1. The maximum Gasteiger partial charge on any atom is 0.324 e. The van der Waals surface area contributed by atoms with E-state index in [1.54, 1.807) is 0 Å². The number of hydrogen-bond donors (Lipinski definition) is 2. The highest BCUT2D eigenvalue weighted by Gasteiger charge is 2.26. The molecule has 0 aliphatic heterocycles. The normalized spacial score (nSPS) is 13.6. The summed E-state index contributed by atoms with van der Waals surface area (Å²) in [4.78, 5) is 9.25. The summed E-state index contributed by atoms with van der Waals surface area (Å²) in [7, 11) is 0. The zero-order chi connectivity index (χ0) is 19.9. The Balaban J connectivity index is 1.36. The van der Waals surface area contributed by atoms with Gasteiger partial charge < -0.3 is 10.1 Å². The van der Waals surface area contributed by atoms with Crippen molar-refractivity contribution in [2.45, 2.75) is 18.8 Å². The molecule has 2 aromatic heterocycles. The van der Waals surface area contributed by atoms with E-state index in [0.29, 0.717) is 23.5 Å². The minimum Gasteiger partial charge on any atom is -0.424 e. The van der Waals surface area contributed by atoms with Crippen molar-refractivity contribution >= 4 is 33.3 Å². The number of benzene rings is 3. The van der Waals surface area contributed by atoms with Gasteiger partial charge in [0.25, 0.3) is 0 Å². The molecule has 0 spiro atoms. The number of H-pyrrole nitrogens is 1. The largest absolute Gasteiger partial charge is 0.424 e. The van der Waals surface area contributed by atoms with Crippen molar-refractivity contribution in [3.05, 3.63) is 78.5 Å². The van der Waals surface area contributed by atoms with E-state index in [1.165, 1.54) is 12.8 Å². The average molecular weight is 393 g/mol. The molecule has 146 valence electrons. The van der Waals surface area contributed by atoms with Gasteiger partial charge in [-0.2, -0.15) is 15.1 Å². The van der Waals surface area contributed by atoms with Gasteiger partial charge in [-0.1, -0.05) is 42.5 Å². The van der Waals surface area contributed by atoms with Crippen LogP contribution in [0.4, 0.5) is 11.6 Å². The number of hydrogen-bond acceptors (Lipinski definition) is 5. The minimum atomic E-state index is 0.299. The van der Waals surface area contributed by atoms with E-state index in [9.17, 15) is 0 Å². The number of ether oxygens (including phenoxy) is 1. The van der Waals surface area contributed by atoms with E-state index in [2.05, 4.69) is 43.7 Å². The maximum absolute atomic E-state index is 6.04. The van der Waals surface area contributed by atoms with Gasteiger partial charge in [-0.15, -0.1) is 0 Å². The summed E-state index contributed by atoms with van der Waals surface area (Å²) in [5.41, 5.74) is 1.91. The van der Waals surface area contributed by atoms with Gasteiger partial charge in [0, 0.05) is 17.4 Å². The zero-order valence-corrected chi connectivity index (χ0v) is 16.2. The molecule has 3 aromatic carbocycles. The lowest BCUT2D eigenvalue weighted by Crippen LogP contribution is -2.00. The summed E-state index contributed by atoms with van der Waals surface area (Å²) in [6.45, 7) is 0. The van der Waals surface area contributed by atoms with Crippen LogP contribution in [0.3, 0.4) is 0 Å². The lowest BCUT2D eigenvalue weighted by molar-refractivity contribution is 0.446. The Hall–Kier alpha value is -3.93. The molecule has 6 nitrogen and oxygen atoms in total. The number of aromatic amines is 1. The SMILES string of the molecule is c1ccc2cc(Oc3nc(Nc4cc(C5CC5)n[nH]4)c4ccccc4n3)ccc2c1. The van der Waals surface area contributed by atoms with Crippen LogP contribution >= 0.6 is 0 Å². The predicted molar refractivity (Wildman–Crippen MR) is 117 cm³/mol. The van der Waals surface area contributed by atoms with Crippen LogP contribution in [0.25, 0.3) is 21.7 Å². The summed E-state index contributed by atoms with van der Waals surface area (Å²) < 4.78 is 6.04. The van der Waals surface area contributed by atoms with Crippen LogP contribution in [0.2, 0.25) is 0 Å². The summed E-state index contributed by atoms with van der Waals surface area (Å²) in [6, 6.07) is 24.4. The van der Waals surface area contributed by atoms with Crippen molar-refractivity contribution in [3.8, 4) is 11.8 Å². The first kappa shape index (κ1) is 17.0. The third-order valence-corrected chi connectivity index (χ3v) is 5.36. The van der Waals surface area contributed by atoms with Crippen LogP contribution in [0.1, 0.15) is 24.5 Å². The Bertz CT molecular complexity index is 1370. The van der Waals surface area contributed by atoms with Gasteiger partial charge in [0.15, 0.2) is 0 Å². The Labute approximate surface area is 172 Å². The fourth-order valence-electron chi connectivity index (χ4n) is 3.65. The molecule has 6 heteroatoms. The second-order valence-corrected chi connectivity index (χ2v) is 7.59. The first-order chi connectivity index (χ1) is 14.8. The van der Waals surface area contributed by atoms with Crippen molar-refractivity contribution in [2.24, 2.45) is 0 Å². The first-order valence-electron chi connectivity index (χ1n) is 10.1. The molecule has 0 saturated heterocycles. The lowest BCUT2D eigenvalue weighted by atomic mass is 10.1. The third-order valence-electron chi connectivity index (χ3n) is 5.36. The standard InChI is InChI=1S/C24H19N5O/c1-2-6-17-13-18(12-11-15(17)5-1)30-24-25-20-8-4-3-7-19(20)23(27-24)26-22-14-21(28-29-22)16-9-10-16/h1-8,11-14,16H,9-10H2,(H2,25,26,27,28,29). The molecule has 2 N–H and O–H groups in total. The molecule has 1 fully saturated rings. The molecular weight excluding hydrogens is 374 g/mol. The van der Waals surface area contributed by atoms with Gasteiger partial charge in [-0.3, -0.25) is 5.10 Å². The summed E-state index contributed by atoms with van der Waals surface area (Å²) in [5, 5.41) is 14.0. The van der Waals surface area contributed by atoms with Crippen LogP contribution in [-0.4, -0.2) is 20.2 Å². The fraction of sp³-hybridized carbons (Fsp3) is 0.125. The fourth-order valence-corrected chi connectivity index (χ4v) is 3.65. The molecule has 1 aliphatic rings. The molecular formula is C24H19N5O. The Kier molecular flexibility index (Phi) is 3.87. The molecule has 5 aromatic rings. The van der Waals surface area contributed by atoms with Gasteiger partial charge in [0.2, 0.25) is 0 Å². The van der Waals surface area contributed by atoms with E-state index in [0.717, 1.165) is 33.2 Å². The van der Waals surface area contributed by atoms with Crippen LogP contribution in [0, 0.1) is 0 Å². The second-order valence-electron chi connectivity index (χ2n) is 7.59. The molecule has 6 rings (SSSR count). The van der Waals surface area contributed by atoms with Crippen molar-refractivity contribution in [1.82, 2.24) is 20.2 Å². The quantitative estimate of drug-likeness (QED) is 0.388. The lowest BCUT2D eigenvalue weighted by Gasteiger charge is -2.10. The molecule has 0 atom stereocenters. The van der Waals surface area contributed by atoms with Crippen LogP contribution in [-0.2, 0) is 0 Å². The number of rotatable bonds is 5. The van der Waals surface area contributed by atoms with Crippen LogP contribution in [0.15, 0.2) is 72.8 Å². The average Bonchev–Trinajstić information content (AvgIpc) is 3.53. The van der Waals surface area contributed by atoms with Crippen molar-refractivity contribution in [2.75, 3.05) is 5.32 Å². The summed E-state index contributed by atoms with van der Waals surface area (Å²) >= 11 is 0. The molecule has 1 aliphatic carbocycles. The van der Waals surface area contributed by atoms with Crippen LogP contribution in [0.5, 0.6) is 11.8 Å². The maximum atomic E-state index is 6.04. The van der Waals surface area contributed by atoms with Crippen molar-refractivity contribution in [1.29, 1.82) is 0 Å². The van der Waals surface area contributed by atoms with E-state index in [1.807, 2.05) is 54.6 Å². The topological polar surface area (TPSA) is 75.7 Å².